The maximum Gasteiger partial charge on any atom is 0.236 e. The Bertz CT molecular complexity index is 490. The lowest BCUT2D eigenvalue weighted by molar-refractivity contribution is -0.134. The Labute approximate surface area is 129 Å². The fourth-order valence-electron chi connectivity index (χ4n) is 2.67. The van der Waals surface area contributed by atoms with Crippen LogP contribution in [0.3, 0.4) is 0 Å². The highest BCUT2D eigenvalue weighted by Crippen LogP contribution is 2.26. The molecule has 2 unspecified atom stereocenters. The van der Waals surface area contributed by atoms with Crippen molar-refractivity contribution < 1.29 is 4.79 Å². The van der Waals surface area contributed by atoms with Gasteiger partial charge in [0.05, 0.1) is 5.25 Å². The van der Waals surface area contributed by atoms with Crippen molar-refractivity contribution in [2.24, 2.45) is 0 Å². The van der Waals surface area contributed by atoms with Crippen LogP contribution in [0, 0.1) is 0 Å². The molecule has 2 rings (SSSR count). The summed E-state index contributed by atoms with van der Waals surface area (Å²) in [5, 5.41) is 0.219. The summed E-state index contributed by atoms with van der Waals surface area (Å²) in [6.45, 7) is 4.87. The van der Waals surface area contributed by atoms with Gasteiger partial charge in [0.2, 0.25) is 5.91 Å². The van der Waals surface area contributed by atoms with Gasteiger partial charge in [-0.05, 0) is 32.6 Å². The highest BCUT2D eigenvalue weighted by Gasteiger charge is 2.29. The minimum absolute atomic E-state index is 0.149. The number of rotatable bonds is 4. The Morgan fingerprint density at radius 1 is 1.43 bits per heavy atom. The highest BCUT2D eigenvalue weighted by molar-refractivity contribution is 8.00. The molecule has 0 spiro atoms. The van der Waals surface area contributed by atoms with Gasteiger partial charge in [-0.3, -0.25) is 4.79 Å². The number of piperidine rings is 1. The summed E-state index contributed by atoms with van der Waals surface area (Å²) in [5.74, 6) is 0.805. The van der Waals surface area contributed by atoms with E-state index in [-0.39, 0.29) is 11.2 Å². The first kappa shape index (κ1) is 15.9. The molecule has 7 heteroatoms. The molecule has 116 valence electrons. The van der Waals surface area contributed by atoms with Crippen LogP contribution >= 0.6 is 11.8 Å². The second-order valence-electron chi connectivity index (χ2n) is 5.35. The van der Waals surface area contributed by atoms with Crippen molar-refractivity contribution in [3.05, 3.63) is 6.07 Å². The molecule has 1 aliphatic heterocycles. The highest BCUT2D eigenvalue weighted by atomic mass is 32.2. The minimum Gasteiger partial charge on any atom is -0.383 e. The molecule has 2 heterocycles. The van der Waals surface area contributed by atoms with Crippen LogP contribution in [0.5, 0.6) is 0 Å². The second kappa shape index (κ2) is 6.98. The fraction of sp³-hybridized carbons (Fsp3) is 0.643. The topological polar surface area (TPSA) is 98.1 Å². The van der Waals surface area contributed by atoms with E-state index in [1.54, 1.807) is 0 Å². The lowest BCUT2D eigenvalue weighted by Crippen LogP contribution is -2.46. The van der Waals surface area contributed by atoms with Crippen molar-refractivity contribution >= 4 is 29.3 Å². The van der Waals surface area contributed by atoms with Gasteiger partial charge in [0, 0.05) is 18.7 Å². The number of likely N-dealkylation sites (tertiary alicyclic amines) is 1. The lowest BCUT2D eigenvalue weighted by Gasteiger charge is -2.36. The van der Waals surface area contributed by atoms with E-state index in [1.807, 2.05) is 11.8 Å². The molecule has 1 amide bonds. The summed E-state index contributed by atoms with van der Waals surface area (Å²) in [6, 6.07) is 1.87. The van der Waals surface area contributed by atoms with E-state index >= 15 is 0 Å². The molecule has 4 N–H and O–H groups in total. The Morgan fingerprint density at radius 2 is 2.10 bits per heavy atom. The van der Waals surface area contributed by atoms with E-state index in [1.165, 1.54) is 24.2 Å². The van der Waals surface area contributed by atoms with Crippen LogP contribution in [-0.4, -0.2) is 38.6 Å². The average molecular weight is 309 g/mol. The first-order valence-corrected chi connectivity index (χ1v) is 8.26. The molecule has 21 heavy (non-hydrogen) atoms. The number of nitrogens with zero attached hydrogens (tertiary/aromatic N) is 3. The number of anilines is 2. The van der Waals surface area contributed by atoms with Gasteiger partial charge in [-0.25, -0.2) is 9.97 Å². The van der Waals surface area contributed by atoms with Crippen LogP contribution in [0.25, 0.3) is 0 Å². The van der Waals surface area contributed by atoms with Crippen LogP contribution in [0.4, 0.5) is 11.6 Å². The average Bonchev–Trinajstić information content (AvgIpc) is 2.45. The predicted octanol–water partition coefficient (Wildman–Crippen LogP) is 1.91. The summed E-state index contributed by atoms with van der Waals surface area (Å²) >= 11 is 1.31. The van der Waals surface area contributed by atoms with Gasteiger partial charge in [-0.15, -0.1) is 0 Å². The number of hydrogen-bond acceptors (Lipinski definition) is 6. The molecule has 1 saturated heterocycles. The van der Waals surface area contributed by atoms with E-state index in [2.05, 4.69) is 16.9 Å². The second-order valence-corrected chi connectivity index (χ2v) is 6.66. The molecular weight excluding hydrogens is 286 g/mol. The number of nitrogen functional groups attached to an aromatic ring is 2. The summed E-state index contributed by atoms with van der Waals surface area (Å²) in [6.07, 6.45) is 4.40. The summed E-state index contributed by atoms with van der Waals surface area (Å²) in [7, 11) is 0. The van der Waals surface area contributed by atoms with Gasteiger partial charge < -0.3 is 16.4 Å². The van der Waals surface area contributed by atoms with Gasteiger partial charge in [0.15, 0.2) is 5.16 Å². The van der Waals surface area contributed by atoms with E-state index in [0.29, 0.717) is 22.8 Å². The van der Waals surface area contributed by atoms with Crippen LogP contribution in [0.15, 0.2) is 11.2 Å². The molecule has 1 aromatic rings. The SMILES string of the molecule is CCC1CCCCN1C(=O)C(C)Sc1nc(N)cc(N)n1. The number of nitrogens with two attached hydrogens (primary N) is 2. The van der Waals surface area contributed by atoms with Crippen molar-refractivity contribution in [1.82, 2.24) is 14.9 Å². The van der Waals surface area contributed by atoms with E-state index in [4.69, 9.17) is 11.5 Å². The quantitative estimate of drug-likeness (QED) is 0.651. The summed E-state index contributed by atoms with van der Waals surface area (Å²) in [5.41, 5.74) is 11.3. The van der Waals surface area contributed by atoms with Gasteiger partial charge in [0.25, 0.3) is 0 Å². The molecule has 2 atom stereocenters. The van der Waals surface area contributed by atoms with Crippen LogP contribution < -0.4 is 11.5 Å². The maximum atomic E-state index is 12.6. The molecule has 0 saturated carbocycles. The van der Waals surface area contributed by atoms with Crippen LogP contribution in [0.2, 0.25) is 0 Å². The normalized spacial score (nSPS) is 20.3. The van der Waals surface area contributed by atoms with E-state index < -0.39 is 0 Å². The monoisotopic (exact) mass is 309 g/mol. The van der Waals surface area contributed by atoms with Crippen molar-refractivity contribution in [1.29, 1.82) is 0 Å². The Hall–Kier alpha value is -1.50. The molecule has 0 radical (unpaired) electrons. The standard InChI is InChI=1S/C14H23N5OS/c1-3-10-6-4-5-7-19(10)13(20)9(2)21-14-17-11(15)8-12(16)18-14/h8-10H,3-7H2,1-2H3,(H4,15,16,17,18). The number of thioether (sulfide) groups is 1. The Morgan fingerprint density at radius 3 is 2.71 bits per heavy atom. The largest absolute Gasteiger partial charge is 0.383 e. The third kappa shape index (κ3) is 4.00. The molecule has 0 bridgehead atoms. The predicted molar refractivity (Wildman–Crippen MR) is 85.8 cm³/mol. The molecule has 0 aliphatic carbocycles. The molecule has 1 aromatic heterocycles. The zero-order valence-electron chi connectivity index (χ0n) is 12.6. The molecular formula is C14H23N5OS. The minimum atomic E-state index is -0.238. The zero-order chi connectivity index (χ0) is 15.4. The maximum absolute atomic E-state index is 12.6. The van der Waals surface area contributed by atoms with Gasteiger partial charge in [0.1, 0.15) is 11.6 Å². The van der Waals surface area contributed by atoms with Crippen LogP contribution in [0.1, 0.15) is 39.5 Å². The third-order valence-corrected chi connectivity index (χ3v) is 4.71. The summed E-state index contributed by atoms with van der Waals surface area (Å²) in [4.78, 5) is 22.9. The number of amides is 1. The number of aromatic nitrogens is 2. The Kier molecular flexibility index (Phi) is 5.27. The number of carbonyl (C=O) groups excluding carboxylic acids is 1. The van der Waals surface area contributed by atoms with Gasteiger partial charge in [-0.1, -0.05) is 18.7 Å². The number of hydrogen-bond donors (Lipinski definition) is 2. The lowest BCUT2D eigenvalue weighted by atomic mass is 10.00. The summed E-state index contributed by atoms with van der Waals surface area (Å²) < 4.78 is 0. The first-order valence-electron chi connectivity index (χ1n) is 7.38. The molecule has 0 aromatic carbocycles. The zero-order valence-corrected chi connectivity index (χ0v) is 13.4. The Balaban J connectivity index is 2.04. The van der Waals surface area contributed by atoms with E-state index in [9.17, 15) is 4.79 Å². The number of carbonyl (C=O) groups is 1. The van der Waals surface area contributed by atoms with Crippen molar-refractivity contribution in [3.8, 4) is 0 Å². The molecule has 1 fully saturated rings. The van der Waals surface area contributed by atoms with Crippen molar-refractivity contribution in [3.63, 3.8) is 0 Å². The van der Waals surface area contributed by atoms with E-state index in [0.717, 1.165) is 25.8 Å². The van der Waals surface area contributed by atoms with Crippen molar-refractivity contribution in [2.75, 3.05) is 18.0 Å². The van der Waals surface area contributed by atoms with Gasteiger partial charge in [-0.2, -0.15) is 0 Å². The first-order chi connectivity index (χ1) is 10.0. The molecule has 6 nitrogen and oxygen atoms in total. The van der Waals surface area contributed by atoms with Crippen molar-refractivity contribution in [2.45, 2.75) is 56.0 Å². The van der Waals surface area contributed by atoms with Gasteiger partial charge >= 0.3 is 0 Å². The third-order valence-electron chi connectivity index (χ3n) is 3.76. The molecule has 1 aliphatic rings. The van der Waals surface area contributed by atoms with Crippen LogP contribution in [-0.2, 0) is 4.79 Å². The fourth-order valence-corrected chi connectivity index (χ4v) is 3.54. The smallest absolute Gasteiger partial charge is 0.236 e.